The Hall–Kier alpha value is -1.30. The van der Waals surface area contributed by atoms with Crippen LogP contribution in [-0.2, 0) is 13.0 Å². The Morgan fingerprint density at radius 1 is 1.20 bits per heavy atom. The minimum Gasteiger partial charge on any atom is -0.348 e. The molecule has 1 rings (SSSR count). The van der Waals surface area contributed by atoms with Crippen LogP contribution in [0.5, 0.6) is 0 Å². The number of hydrogen-bond donors (Lipinski definition) is 1. The lowest BCUT2D eigenvalue weighted by atomic mass is 10.2. The second kappa shape index (κ2) is 7.47. The summed E-state index contributed by atoms with van der Waals surface area (Å²) in [6.45, 7) is 6.41. The average Bonchev–Trinajstić information content (AvgIpc) is 2.41. The van der Waals surface area contributed by atoms with Crippen molar-refractivity contribution in [3.8, 4) is 0 Å². The molecule has 1 heterocycles. The van der Waals surface area contributed by atoms with E-state index in [1.807, 2.05) is 19.9 Å². The second-order valence-corrected chi connectivity index (χ2v) is 4.59. The van der Waals surface area contributed by atoms with Gasteiger partial charge in [-0.1, -0.05) is 13.8 Å². The van der Waals surface area contributed by atoms with E-state index in [4.69, 9.17) is 0 Å². The SMILES string of the molecule is CCNCc1cc(CC)nc(N(CC)CC(F)(F)F)c1. The fraction of sp³-hybridized carbons (Fsp3) is 0.643. The van der Waals surface area contributed by atoms with E-state index in [1.54, 1.807) is 13.0 Å². The third-order valence-electron chi connectivity index (χ3n) is 2.94. The fourth-order valence-electron chi connectivity index (χ4n) is 1.92. The molecule has 0 unspecified atom stereocenters. The molecule has 0 atom stereocenters. The number of nitrogens with one attached hydrogen (secondary N) is 1. The number of pyridine rings is 1. The van der Waals surface area contributed by atoms with Crippen LogP contribution in [0.3, 0.4) is 0 Å². The molecule has 0 saturated heterocycles. The first-order valence-electron chi connectivity index (χ1n) is 6.91. The molecular weight excluding hydrogens is 267 g/mol. The van der Waals surface area contributed by atoms with Gasteiger partial charge in [-0.2, -0.15) is 13.2 Å². The van der Waals surface area contributed by atoms with Crippen molar-refractivity contribution >= 4 is 5.82 Å². The molecule has 0 spiro atoms. The summed E-state index contributed by atoms with van der Waals surface area (Å²) < 4.78 is 37.7. The molecular formula is C14H22F3N3. The molecule has 0 saturated carbocycles. The highest BCUT2D eigenvalue weighted by molar-refractivity contribution is 5.43. The highest BCUT2D eigenvalue weighted by Crippen LogP contribution is 2.22. The van der Waals surface area contributed by atoms with Crippen LogP contribution in [0.15, 0.2) is 12.1 Å². The van der Waals surface area contributed by atoms with Gasteiger partial charge >= 0.3 is 6.18 Å². The fourth-order valence-corrected chi connectivity index (χ4v) is 1.92. The van der Waals surface area contributed by atoms with Crippen LogP contribution in [-0.4, -0.2) is 30.8 Å². The number of aryl methyl sites for hydroxylation is 1. The van der Waals surface area contributed by atoms with Crippen molar-refractivity contribution in [3.05, 3.63) is 23.4 Å². The van der Waals surface area contributed by atoms with E-state index in [0.717, 1.165) is 17.8 Å². The van der Waals surface area contributed by atoms with Gasteiger partial charge in [0.1, 0.15) is 12.4 Å². The lowest BCUT2D eigenvalue weighted by Crippen LogP contribution is -2.35. The van der Waals surface area contributed by atoms with Gasteiger partial charge in [-0.05, 0) is 37.6 Å². The van der Waals surface area contributed by atoms with Gasteiger partial charge in [0.25, 0.3) is 0 Å². The maximum atomic E-state index is 12.6. The van der Waals surface area contributed by atoms with Crippen LogP contribution in [0, 0.1) is 0 Å². The summed E-state index contributed by atoms with van der Waals surface area (Å²) in [4.78, 5) is 5.57. The zero-order valence-corrected chi connectivity index (χ0v) is 12.2. The van der Waals surface area contributed by atoms with Crippen LogP contribution < -0.4 is 10.2 Å². The highest BCUT2D eigenvalue weighted by Gasteiger charge is 2.30. The third kappa shape index (κ3) is 5.36. The molecule has 1 aromatic rings. The zero-order chi connectivity index (χ0) is 15.2. The molecule has 3 nitrogen and oxygen atoms in total. The van der Waals surface area contributed by atoms with Gasteiger partial charge in [-0.15, -0.1) is 0 Å². The molecule has 0 aliphatic rings. The topological polar surface area (TPSA) is 28.2 Å². The molecule has 0 amide bonds. The normalized spacial score (nSPS) is 11.7. The highest BCUT2D eigenvalue weighted by atomic mass is 19.4. The molecule has 0 fully saturated rings. The van der Waals surface area contributed by atoms with Gasteiger partial charge in [-0.3, -0.25) is 0 Å². The average molecular weight is 289 g/mol. The maximum Gasteiger partial charge on any atom is 0.405 e. The minimum atomic E-state index is -4.22. The molecule has 0 bridgehead atoms. The molecule has 1 aromatic heterocycles. The van der Waals surface area contributed by atoms with Crippen molar-refractivity contribution in [2.75, 3.05) is 24.5 Å². The molecule has 0 aliphatic carbocycles. The number of nitrogens with zero attached hydrogens (tertiary/aromatic N) is 2. The first kappa shape index (κ1) is 16.8. The van der Waals surface area contributed by atoms with Crippen molar-refractivity contribution in [1.29, 1.82) is 0 Å². The van der Waals surface area contributed by atoms with E-state index in [2.05, 4.69) is 10.3 Å². The van der Waals surface area contributed by atoms with Crippen LogP contribution in [0.4, 0.5) is 19.0 Å². The first-order valence-corrected chi connectivity index (χ1v) is 6.91. The zero-order valence-electron chi connectivity index (χ0n) is 12.2. The summed E-state index contributed by atoms with van der Waals surface area (Å²) in [7, 11) is 0. The Bertz CT molecular complexity index is 419. The Balaban J connectivity index is 3.01. The van der Waals surface area contributed by atoms with Gasteiger partial charge in [0.2, 0.25) is 0 Å². The molecule has 6 heteroatoms. The van der Waals surface area contributed by atoms with Crippen molar-refractivity contribution in [2.24, 2.45) is 0 Å². The van der Waals surface area contributed by atoms with Crippen molar-refractivity contribution in [2.45, 2.75) is 39.9 Å². The smallest absolute Gasteiger partial charge is 0.348 e. The van der Waals surface area contributed by atoms with Gasteiger partial charge in [0.05, 0.1) is 0 Å². The lowest BCUT2D eigenvalue weighted by Gasteiger charge is -2.24. The first-order chi connectivity index (χ1) is 9.39. The van der Waals surface area contributed by atoms with Gasteiger partial charge in [-0.25, -0.2) is 4.98 Å². The summed E-state index contributed by atoms with van der Waals surface area (Å²) in [6, 6.07) is 3.67. The Morgan fingerprint density at radius 3 is 2.40 bits per heavy atom. The van der Waals surface area contributed by atoms with Gasteiger partial charge < -0.3 is 10.2 Å². The van der Waals surface area contributed by atoms with Crippen molar-refractivity contribution in [1.82, 2.24) is 10.3 Å². The van der Waals surface area contributed by atoms with Crippen LogP contribution in [0.1, 0.15) is 32.0 Å². The van der Waals surface area contributed by atoms with E-state index in [0.29, 0.717) is 18.8 Å². The van der Waals surface area contributed by atoms with Crippen molar-refractivity contribution < 1.29 is 13.2 Å². The number of anilines is 1. The Kier molecular flexibility index (Phi) is 6.26. The summed E-state index contributed by atoms with van der Waals surface area (Å²) in [5.74, 6) is 0.400. The van der Waals surface area contributed by atoms with Crippen LogP contribution in [0.25, 0.3) is 0 Å². The standard InChI is InChI=1S/C14H22F3N3/c1-4-12-7-11(9-18-5-2)8-13(19-12)20(6-3)10-14(15,16)17/h7-8,18H,4-6,9-10H2,1-3H3. The van der Waals surface area contributed by atoms with Crippen LogP contribution >= 0.6 is 0 Å². The lowest BCUT2D eigenvalue weighted by molar-refractivity contribution is -0.119. The second-order valence-electron chi connectivity index (χ2n) is 4.59. The largest absolute Gasteiger partial charge is 0.405 e. The quantitative estimate of drug-likeness (QED) is 0.836. The number of rotatable bonds is 7. The molecule has 0 aromatic carbocycles. The molecule has 0 aliphatic heterocycles. The number of halogens is 3. The number of aromatic nitrogens is 1. The van der Waals surface area contributed by atoms with Gasteiger partial charge in [0, 0.05) is 18.8 Å². The predicted molar refractivity (Wildman–Crippen MR) is 74.9 cm³/mol. The molecule has 114 valence electrons. The summed E-state index contributed by atoms with van der Waals surface area (Å²) >= 11 is 0. The third-order valence-corrected chi connectivity index (χ3v) is 2.94. The van der Waals surface area contributed by atoms with Crippen LogP contribution in [0.2, 0.25) is 0 Å². The van der Waals surface area contributed by atoms with E-state index in [1.165, 1.54) is 4.90 Å². The van der Waals surface area contributed by atoms with E-state index in [9.17, 15) is 13.2 Å². The number of hydrogen-bond acceptors (Lipinski definition) is 3. The summed E-state index contributed by atoms with van der Waals surface area (Å²) in [5.41, 5.74) is 1.78. The summed E-state index contributed by atoms with van der Waals surface area (Å²) in [6.07, 6.45) is -3.52. The Labute approximate surface area is 118 Å². The molecule has 0 radical (unpaired) electrons. The predicted octanol–water partition coefficient (Wildman–Crippen LogP) is 3.14. The maximum absolute atomic E-state index is 12.6. The monoisotopic (exact) mass is 289 g/mol. The number of alkyl halides is 3. The van der Waals surface area contributed by atoms with E-state index < -0.39 is 12.7 Å². The Morgan fingerprint density at radius 2 is 1.90 bits per heavy atom. The van der Waals surface area contributed by atoms with Crippen molar-refractivity contribution in [3.63, 3.8) is 0 Å². The van der Waals surface area contributed by atoms with Gasteiger partial charge in [0.15, 0.2) is 0 Å². The molecule has 1 N–H and O–H groups in total. The van der Waals surface area contributed by atoms with E-state index in [-0.39, 0.29) is 6.54 Å². The van der Waals surface area contributed by atoms with E-state index >= 15 is 0 Å². The molecule has 20 heavy (non-hydrogen) atoms. The summed E-state index contributed by atoms with van der Waals surface area (Å²) in [5, 5.41) is 3.18. The minimum absolute atomic E-state index is 0.278.